The lowest BCUT2D eigenvalue weighted by molar-refractivity contribution is -0.123. The molecule has 0 aliphatic heterocycles. The monoisotopic (exact) mass is 323 g/mol. The molecular weight excluding hydrogens is 302 g/mol. The second-order valence-electron chi connectivity index (χ2n) is 5.71. The highest BCUT2D eigenvalue weighted by molar-refractivity contribution is 5.77. The van der Waals surface area contributed by atoms with Gasteiger partial charge in [-0.3, -0.25) is 4.79 Å². The van der Waals surface area contributed by atoms with Crippen LogP contribution in [0.1, 0.15) is 17.8 Å². The molecule has 0 unspecified atom stereocenters. The van der Waals surface area contributed by atoms with Crippen LogP contribution in [0.25, 0.3) is 11.0 Å². The summed E-state index contributed by atoms with van der Waals surface area (Å²) in [6, 6.07) is 15.6. The molecule has 24 heavy (non-hydrogen) atoms. The Bertz CT molecular complexity index is 793. The summed E-state index contributed by atoms with van der Waals surface area (Å²) < 4.78 is 5.52. The van der Waals surface area contributed by atoms with Gasteiger partial charge in [-0.2, -0.15) is 0 Å². The third kappa shape index (κ3) is 4.13. The molecule has 0 saturated heterocycles. The number of amides is 1. The molecule has 2 N–H and O–H groups in total. The van der Waals surface area contributed by atoms with Gasteiger partial charge in [0.05, 0.1) is 11.0 Å². The van der Waals surface area contributed by atoms with E-state index in [4.69, 9.17) is 4.74 Å². The Hall–Kier alpha value is -2.82. The minimum Gasteiger partial charge on any atom is -0.484 e. The van der Waals surface area contributed by atoms with E-state index < -0.39 is 0 Å². The van der Waals surface area contributed by atoms with E-state index in [-0.39, 0.29) is 12.5 Å². The van der Waals surface area contributed by atoms with Crippen LogP contribution in [0.5, 0.6) is 5.75 Å². The predicted molar refractivity (Wildman–Crippen MR) is 94.1 cm³/mol. The highest BCUT2D eigenvalue weighted by Gasteiger charge is 2.05. The zero-order valence-corrected chi connectivity index (χ0v) is 13.7. The Morgan fingerprint density at radius 1 is 1.17 bits per heavy atom. The number of nitrogens with zero attached hydrogens (tertiary/aromatic N) is 1. The number of fused-ring (bicyclic) bond motifs is 1. The minimum absolute atomic E-state index is 0.0372. The van der Waals surface area contributed by atoms with Crippen molar-refractivity contribution in [1.29, 1.82) is 0 Å². The van der Waals surface area contributed by atoms with E-state index in [0.29, 0.717) is 6.54 Å². The Balaban J connectivity index is 1.38. The number of para-hydroxylation sites is 3. The Kier molecular flexibility index (Phi) is 5.11. The average molecular weight is 323 g/mol. The fourth-order valence-corrected chi connectivity index (χ4v) is 2.52. The SMILES string of the molecule is Cc1ccccc1OCC(=O)NCCCc1nc2ccccc2[nH]1. The smallest absolute Gasteiger partial charge is 0.257 e. The standard InChI is InChI=1S/C19H21N3O2/c1-14-7-2-5-10-17(14)24-13-19(23)20-12-6-11-18-21-15-8-3-4-9-16(15)22-18/h2-5,7-10H,6,11-13H2,1H3,(H,20,23)(H,21,22). The lowest BCUT2D eigenvalue weighted by Crippen LogP contribution is -2.30. The van der Waals surface area contributed by atoms with Crippen molar-refractivity contribution in [3.8, 4) is 5.75 Å². The number of aryl methyl sites for hydroxylation is 2. The van der Waals surface area contributed by atoms with Crippen molar-refractivity contribution in [3.63, 3.8) is 0 Å². The summed E-state index contributed by atoms with van der Waals surface area (Å²) in [6.45, 7) is 2.60. The molecule has 1 aromatic heterocycles. The maximum absolute atomic E-state index is 11.8. The summed E-state index contributed by atoms with van der Waals surface area (Å²) in [5.41, 5.74) is 3.04. The lowest BCUT2D eigenvalue weighted by atomic mass is 10.2. The molecule has 1 amide bonds. The lowest BCUT2D eigenvalue weighted by Gasteiger charge is -2.09. The van der Waals surface area contributed by atoms with E-state index in [1.807, 2.05) is 55.5 Å². The Labute approximate surface area is 141 Å². The molecule has 3 rings (SSSR count). The third-order valence-corrected chi connectivity index (χ3v) is 3.80. The predicted octanol–water partition coefficient (Wildman–Crippen LogP) is 3.00. The molecule has 0 saturated carbocycles. The van der Waals surface area contributed by atoms with E-state index in [1.165, 1.54) is 0 Å². The number of hydrogen-bond acceptors (Lipinski definition) is 3. The van der Waals surface area contributed by atoms with Gasteiger partial charge in [0, 0.05) is 13.0 Å². The number of ether oxygens (including phenoxy) is 1. The van der Waals surface area contributed by atoms with E-state index in [1.54, 1.807) is 0 Å². The average Bonchev–Trinajstić information content (AvgIpc) is 3.01. The first-order valence-corrected chi connectivity index (χ1v) is 8.11. The Morgan fingerprint density at radius 2 is 1.96 bits per heavy atom. The fourth-order valence-electron chi connectivity index (χ4n) is 2.52. The number of benzene rings is 2. The van der Waals surface area contributed by atoms with Gasteiger partial charge in [-0.15, -0.1) is 0 Å². The van der Waals surface area contributed by atoms with Crippen LogP contribution in [0.2, 0.25) is 0 Å². The number of imidazole rings is 1. The van der Waals surface area contributed by atoms with Crippen molar-refractivity contribution in [2.45, 2.75) is 19.8 Å². The second-order valence-corrected chi connectivity index (χ2v) is 5.71. The van der Waals surface area contributed by atoms with Crippen molar-refractivity contribution in [3.05, 3.63) is 59.9 Å². The molecule has 0 atom stereocenters. The second kappa shape index (κ2) is 7.64. The number of nitrogens with one attached hydrogen (secondary N) is 2. The first kappa shape index (κ1) is 16.1. The summed E-state index contributed by atoms with van der Waals surface area (Å²) in [5, 5.41) is 2.87. The van der Waals surface area contributed by atoms with Gasteiger partial charge in [0.1, 0.15) is 11.6 Å². The molecule has 2 aromatic carbocycles. The summed E-state index contributed by atoms with van der Waals surface area (Å²) in [4.78, 5) is 19.6. The van der Waals surface area contributed by atoms with Gasteiger partial charge < -0.3 is 15.0 Å². The highest BCUT2D eigenvalue weighted by atomic mass is 16.5. The number of hydrogen-bond donors (Lipinski definition) is 2. The molecule has 0 radical (unpaired) electrons. The number of H-pyrrole nitrogens is 1. The summed E-state index contributed by atoms with van der Waals surface area (Å²) in [7, 11) is 0. The largest absolute Gasteiger partial charge is 0.484 e. The normalized spacial score (nSPS) is 10.7. The molecule has 0 aliphatic rings. The van der Waals surface area contributed by atoms with Gasteiger partial charge >= 0.3 is 0 Å². The third-order valence-electron chi connectivity index (χ3n) is 3.80. The van der Waals surface area contributed by atoms with Crippen LogP contribution >= 0.6 is 0 Å². The van der Waals surface area contributed by atoms with Crippen LogP contribution in [0.15, 0.2) is 48.5 Å². The van der Waals surface area contributed by atoms with Crippen LogP contribution in [0, 0.1) is 6.92 Å². The van der Waals surface area contributed by atoms with Crippen molar-refractivity contribution >= 4 is 16.9 Å². The molecule has 124 valence electrons. The van der Waals surface area contributed by atoms with E-state index in [9.17, 15) is 4.79 Å². The van der Waals surface area contributed by atoms with Crippen molar-refractivity contribution in [2.24, 2.45) is 0 Å². The van der Waals surface area contributed by atoms with Crippen LogP contribution in [-0.4, -0.2) is 29.0 Å². The van der Waals surface area contributed by atoms with Gasteiger partial charge in [0.15, 0.2) is 6.61 Å². The molecule has 3 aromatic rings. The van der Waals surface area contributed by atoms with Crippen LogP contribution in [0.4, 0.5) is 0 Å². The first-order chi connectivity index (χ1) is 11.7. The fraction of sp³-hybridized carbons (Fsp3) is 0.263. The maximum atomic E-state index is 11.8. The molecule has 5 heteroatoms. The summed E-state index contributed by atoms with van der Waals surface area (Å²) in [5.74, 6) is 1.58. The summed E-state index contributed by atoms with van der Waals surface area (Å²) >= 11 is 0. The number of rotatable bonds is 7. The van der Waals surface area contributed by atoms with Crippen molar-refractivity contribution in [1.82, 2.24) is 15.3 Å². The van der Waals surface area contributed by atoms with Crippen LogP contribution in [-0.2, 0) is 11.2 Å². The van der Waals surface area contributed by atoms with Gasteiger partial charge in [-0.05, 0) is 37.1 Å². The van der Waals surface area contributed by atoms with Crippen LogP contribution in [0.3, 0.4) is 0 Å². The first-order valence-electron chi connectivity index (χ1n) is 8.11. The minimum atomic E-state index is -0.108. The van der Waals surface area contributed by atoms with Gasteiger partial charge in [-0.25, -0.2) is 4.98 Å². The molecule has 0 fully saturated rings. The zero-order chi connectivity index (χ0) is 16.8. The molecule has 5 nitrogen and oxygen atoms in total. The highest BCUT2D eigenvalue weighted by Crippen LogP contribution is 2.15. The molecule has 1 heterocycles. The number of carbonyl (C=O) groups excluding carboxylic acids is 1. The molecular formula is C19H21N3O2. The maximum Gasteiger partial charge on any atom is 0.257 e. The van der Waals surface area contributed by atoms with Crippen molar-refractivity contribution < 1.29 is 9.53 Å². The van der Waals surface area contributed by atoms with E-state index in [2.05, 4.69) is 15.3 Å². The van der Waals surface area contributed by atoms with Gasteiger partial charge in [0.25, 0.3) is 5.91 Å². The van der Waals surface area contributed by atoms with Crippen molar-refractivity contribution in [2.75, 3.05) is 13.2 Å². The van der Waals surface area contributed by atoms with E-state index >= 15 is 0 Å². The quantitative estimate of drug-likeness (QED) is 0.657. The number of aromatic nitrogens is 2. The van der Waals surface area contributed by atoms with Gasteiger partial charge in [0.2, 0.25) is 0 Å². The molecule has 0 aliphatic carbocycles. The Morgan fingerprint density at radius 3 is 2.79 bits per heavy atom. The van der Waals surface area contributed by atoms with Gasteiger partial charge in [-0.1, -0.05) is 30.3 Å². The summed E-state index contributed by atoms with van der Waals surface area (Å²) in [6.07, 6.45) is 1.63. The molecule has 0 bridgehead atoms. The number of aromatic amines is 1. The van der Waals surface area contributed by atoms with E-state index in [0.717, 1.165) is 41.0 Å². The number of carbonyl (C=O) groups is 1. The van der Waals surface area contributed by atoms with Crippen LogP contribution < -0.4 is 10.1 Å². The molecule has 0 spiro atoms. The zero-order valence-electron chi connectivity index (χ0n) is 13.7. The topological polar surface area (TPSA) is 67.0 Å².